The molecule has 1 heterocycles. The molecule has 4 nitrogen and oxygen atoms in total. The molecule has 4 heteroatoms. The molecule has 0 aliphatic carbocycles. The largest absolute Gasteiger partial charge is 0.456 e. The standard InChI is InChI=1S/C14H26O4/c1-12(2,3)9-7-8-10-14(17-18-14)11(15)16-13(4,5)6/h7-10H2,1-6H3. The zero-order valence-electron chi connectivity index (χ0n) is 12.5. The molecule has 0 unspecified atom stereocenters. The van der Waals surface area contributed by atoms with Gasteiger partial charge >= 0.3 is 11.8 Å². The summed E-state index contributed by atoms with van der Waals surface area (Å²) < 4.78 is 5.27. The van der Waals surface area contributed by atoms with Crippen molar-refractivity contribution in [1.82, 2.24) is 0 Å². The van der Waals surface area contributed by atoms with Gasteiger partial charge in [-0.05, 0) is 39.0 Å². The summed E-state index contributed by atoms with van der Waals surface area (Å²) in [5, 5.41) is 0. The molecule has 1 saturated heterocycles. The van der Waals surface area contributed by atoms with E-state index in [-0.39, 0.29) is 0 Å². The maximum Gasteiger partial charge on any atom is 0.373 e. The summed E-state index contributed by atoms with van der Waals surface area (Å²) in [6.45, 7) is 12.1. The molecule has 0 atom stereocenters. The Hall–Kier alpha value is -0.610. The summed E-state index contributed by atoms with van der Waals surface area (Å²) in [5.41, 5.74) is -0.185. The van der Waals surface area contributed by atoms with Crippen LogP contribution in [0.3, 0.4) is 0 Å². The molecular weight excluding hydrogens is 232 g/mol. The minimum absolute atomic E-state index is 0.324. The molecule has 0 aromatic carbocycles. The van der Waals surface area contributed by atoms with Gasteiger partial charge in [-0.2, -0.15) is 9.78 Å². The van der Waals surface area contributed by atoms with Gasteiger partial charge in [-0.15, -0.1) is 0 Å². The first-order chi connectivity index (χ1) is 8.04. The lowest BCUT2D eigenvalue weighted by Crippen LogP contribution is -2.34. The molecule has 0 amide bonds. The van der Waals surface area contributed by atoms with Crippen molar-refractivity contribution >= 4 is 5.97 Å². The molecule has 1 fully saturated rings. The van der Waals surface area contributed by atoms with E-state index in [4.69, 9.17) is 14.5 Å². The van der Waals surface area contributed by atoms with E-state index in [2.05, 4.69) is 20.8 Å². The normalized spacial score (nSPS) is 18.6. The predicted octanol–water partition coefficient (Wildman–Crippen LogP) is 3.59. The van der Waals surface area contributed by atoms with Crippen molar-refractivity contribution < 1.29 is 19.3 Å². The second-order valence-corrected chi connectivity index (χ2v) is 7.19. The van der Waals surface area contributed by atoms with Gasteiger partial charge in [-0.3, -0.25) is 0 Å². The zero-order valence-corrected chi connectivity index (χ0v) is 12.5. The number of hydrogen-bond donors (Lipinski definition) is 0. The van der Waals surface area contributed by atoms with E-state index >= 15 is 0 Å². The van der Waals surface area contributed by atoms with Crippen LogP contribution in [0.15, 0.2) is 0 Å². The van der Waals surface area contributed by atoms with Gasteiger partial charge in [0.2, 0.25) is 0 Å². The van der Waals surface area contributed by atoms with E-state index in [1.165, 1.54) is 0 Å². The molecule has 106 valence electrons. The van der Waals surface area contributed by atoms with Crippen molar-refractivity contribution in [1.29, 1.82) is 0 Å². The van der Waals surface area contributed by atoms with Gasteiger partial charge in [0.1, 0.15) is 5.60 Å². The van der Waals surface area contributed by atoms with E-state index in [0.29, 0.717) is 11.8 Å². The van der Waals surface area contributed by atoms with Crippen molar-refractivity contribution in [2.45, 2.75) is 78.6 Å². The Labute approximate surface area is 110 Å². The number of unbranched alkanes of at least 4 members (excludes halogenated alkanes) is 1. The Kier molecular flexibility index (Phi) is 4.44. The first-order valence-electron chi connectivity index (χ1n) is 6.64. The quantitative estimate of drug-likeness (QED) is 0.327. The molecule has 0 N–H and O–H groups in total. The predicted molar refractivity (Wildman–Crippen MR) is 68.7 cm³/mol. The molecule has 0 aromatic heterocycles. The fourth-order valence-electron chi connectivity index (χ4n) is 1.67. The molecule has 0 radical (unpaired) electrons. The van der Waals surface area contributed by atoms with Crippen LogP contribution >= 0.6 is 0 Å². The summed E-state index contributed by atoms with van der Waals surface area (Å²) in [7, 11) is 0. The third kappa shape index (κ3) is 5.36. The Balaban J connectivity index is 2.31. The van der Waals surface area contributed by atoms with Crippen molar-refractivity contribution in [2.24, 2.45) is 5.41 Å². The molecule has 1 rings (SSSR count). The van der Waals surface area contributed by atoms with Gasteiger partial charge < -0.3 is 4.74 Å². The first-order valence-corrected chi connectivity index (χ1v) is 6.64. The lowest BCUT2D eigenvalue weighted by atomic mass is 9.89. The molecule has 18 heavy (non-hydrogen) atoms. The van der Waals surface area contributed by atoms with Crippen LogP contribution in [0.5, 0.6) is 0 Å². The molecular formula is C14H26O4. The zero-order chi connectivity index (χ0) is 14.0. The van der Waals surface area contributed by atoms with E-state index in [1.807, 2.05) is 20.8 Å². The minimum Gasteiger partial charge on any atom is -0.456 e. The third-order valence-electron chi connectivity index (χ3n) is 2.68. The Morgan fingerprint density at radius 1 is 1.06 bits per heavy atom. The summed E-state index contributed by atoms with van der Waals surface area (Å²) in [4.78, 5) is 21.6. The van der Waals surface area contributed by atoms with Crippen LogP contribution in [-0.2, 0) is 19.3 Å². The summed E-state index contributed by atoms with van der Waals surface area (Å²) in [6, 6.07) is 0. The third-order valence-corrected chi connectivity index (χ3v) is 2.68. The van der Waals surface area contributed by atoms with Crippen LogP contribution in [0, 0.1) is 5.41 Å². The molecule has 0 saturated carbocycles. The smallest absolute Gasteiger partial charge is 0.373 e. The summed E-state index contributed by atoms with van der Waals surface area (Å²) in [5.74, 6) is -1.53. The molecule has 0 bridgehead atoms. The first kappa shape index (κ1) is 15.4. The lowest BCUT2D eigenvalue weighted by molar-refractivity contribution is -0.163. The van der Waals surface area contributed by atoms with Crippen molar-refractivity contribution in [3.63, 3.8) is 0 Å². The SMILES string of the molecule is CC(C)(C)CCCCC1(C(=O)OC(C)(C)C)OO1. The van der Waals surface area contributed by atoms with Gasteiger partial charge in [0, 0.05) is 6.42 Å². The second kappa shape index (κ2) is 5.17. The maximum absolute atomic E-state index is 11.9. The van der Waals surface area contributed by atoms with Crippen LogP contribution in [0.1, 0.15) is 67.2 Å². The molecule has 0 spiro atoms. The number of ether oxygens (including phenoxy) is 1. The van der Waals surface area contributed by atoms with Crippen LogP contribution < -0.4 is 0 Å². The number of esters is 1. The van der Waals surface area contributed by atoms with Gasteiger partial charge in [-0.25, -0.2) is 4.79 Å². The number of carbonyl (C=O) groups excluding carboxylic acids is 1. The van der Waals surface area contributed by atoms with Crippen molar-refractivity contribution in [3.05, 3.63) is 0 Å². The van der Waals surface area contributed by atoms with Crippen LogP contribution in [0.2, 0.25) is 0 Å². The van der Waals surface area contributed by atoms with Gasteiger partial charge in [0.15, 0.2) is 0 Å². The number of hydrogen-bond acceptors (Lipinski definition) is 4. The fraction of sp³-hybridized carbons (Fsp3) is 0.929. The Morgan fingerprint density at radius 2 is 1.61 bits per heavy atom. The van der Waals surface area contributed by atoms with Crippen LogP contribution in [0.25, 0.3) is 0 Å². The monoisotopic (exact) mass is 258 g/mol. The highest BCUT2D eigenvalue weighted by Gasteiger charge is 2.58. The van der Waals surface area contributed by atoms with E-state index in [1.54, 1.807) is 0 Å². The van der Waals surface area contributed by atoms with Gasteiger partial charge in [0.25, 0.3) is 0 Å². The highest BCUT2D eigenvalue weighted by atomic mass is 17.4. The number of carbonyl (C=O) groups is 1. The van der Waals surface area contributed by atoms with Crippen LogP contribution in [0.4, 0.5) is 0 Å². The average molecular weight is 258 g/mol. The van der Waals surface area contributed by atoms with E-state index in [9.17, 15) is 4.79 Å². The Bertz CT molecular complexity index is 292. The Morgan fingerprint density at radius 3 is 2.00 bits per heavy atom. The lowest BCUT2D eigenvalue weighted by Gasteiger charge is -2.21. The van der Waals surface area contributed by atoms with Gasteiger partial charge in [-0.1, -0.05) is 27.2 Å². The number of rotatable bonds is 5. The second-order valence-electron chi connectivity index (χ2n) is 7.19. The van der Waals surface area contributed by atoms with Crippen molar-refractivity contribution in [3.8, 4) is 0 Å². The highest BCUT2D eigenvalue weighted by molar-refractivity contribution is 5.79. The summed E-state index contributed by atoms with van der Waals surface area (Å²) in [6.07, 6.45) is 3.65. The van der Waals surface area contributed by atoms with E-state index < -0.39 is 17.4 Å². The topological polar surface area (TPSA) is 51.4 Å². The fourth-order valence-corrected chi connectivity index (χ4v) is 1.67. The molecule has 0 aromatic rings. The average Bonchev–Trinajstić information content (AvgIpc) is 2.89. The minimum atomic E-state index is -1.12. The molecule has 1 aliphatic rings. The highest BCUT2D eigenvalue weighted by Crippen LogP contribution is 2.38. The van der Waals surface area contributed by atoms with Crippen molar-refractivity contribution in [2.75, 3.05) is 0 Å². The van der Waals surface area contributed by atoms with Gasteiger partial charge in [0.05, 0.1) is 0 Å². The molecule has 1 aliphatic heterocycles. The van der Waals surface area contributed by atoms with Crippen LogP contribution in [-0.4, -0.2) is 17.4 Å². The maximum atomic E-state index is 11.9. The summed E-state index contributed by atoms with van der Waals surface area (Å²) >= 11 is 0. The van der Waals surface area contributed by atoms with E-state index in [0.717, 1.165) is 19.3 Å².